The van der Waals surface area contributed by atoms with Crippen molar-refractivity contribution >= 4 is 26.6 Å². The zero-order valence-electron chi connectivity index (χ0n) is 17.1. The molecule has 0 radical (unpaired) electrons. The van der Waals surface area contributed by atoms with Crippen molar-refractivity contribution < 1.29 is 9.59 Å². The van der Waals surface area contributed by atoms with Gasteiger partial charge in [-0.15, -0.1) is 9.24 Å². The molecule has 1 aromatic rings. The number of aryl methyl sites for hydroxylation is 1. The number of Topliss-reactive ketones (excluding diaryl/α,β-unsaturated/α-hetero) is 1. The molecule has 7 heteroatoms. The third-order valence-electron chi connectivity index (χ3n) is 4.63. The summed E-state index contributed by atoms with van der Waals surface area (Å²) in [7, 11) is 10.3. The van der Waals surface area contributed by atoms with Gasteiger partial charge in [0.1, 0.15) is 5.78 Å². The van der Waals surface area contributed by atoms with E-state index >= 15 is 0 Å². The highest BCUT2D eigenvalue weighted by Crippen LogP contribution is 2.20. The Hall–Kier alpha value is -1.49. The van der Waals surface area contributed by atoms with Crippen LogP contribution >= 0.6 is 9.24 Å². The van der Waals surface area contributed by atoms with Gasteiger partial charge in [0.15, 0.2) is 0 Å². The molecule has 152 valence electrons. The average Bonchev–Trinajstić information content (AvgIpc) is 2.65. The molecule has 1 rings (SSSR count). The lowest BCUT2D eigenvalue weighted by Gasteiger charge is -2.17. The molecule has 0 saturated carbocycles. The van der Waals surface area contributed by atoms with Crippen molar-refractivity contribution in [3.8, 4) is 0 Å². The van der Waals surface area contributed by atoms with Crippen LogP contribution in [-0.4, -0.2) is 63.7 Å². The highest BCUT2D eigenvalue weighted by Gasteiger charge is 2.17. The van der Waals surface area contributed by atoms with Crippen molar-refractivity contribution in [3.05, 3.63) is 29.3 Å². The number of ketones is 1. The summed E-state index contributed by atoms with van der Waals surface area (Å²) in [6.07, 6.45) is 4.57. The SMILES string of the molecule is CNc1ccc(C(=O)NCP)cc1CCC(=O)C(CCCCN(C)C)NC. The second-order valence-corrected chi connectivity index (χ2v) is 7.35. The van der Waals surface area contributed by atoms with Crippen LogP contribution in [0, 0.1) is 0 Å². The molecule has 2 atom stereocenters. The molecule has 2 unspecified atom stereocenters. The first kappa shape index (κ1) is 23.5. The number of carbonyl (C=O) groups is 2. The Bertz CT molecular complexity index is 608. The number of nitrogens with one attached hydrogen (secondary N) is 3. The van der Waals surface area contributed by atoms with Crippen LogP contribution in [0.15, 0.2) is 18.2 Å². The van der Waals surface area contributed by atoms with Gasteiger partial charge in [-0.05, 0) is 70.7 Å². The predicted octanol–water partition coefficient (Wildman–Crippen LogP) is 2.11. The first-order valence-electron chi connectivity index (χ1n) is 9.56. The smallest absolute Gasteiger partial charge is 0.251 e. The van der Waals surface area contributed by atoms with Crippen molar-refractivity contribution in [1.29, 1.82) is 0 Å². The van der Waals surface area contributed by atoms with Crippen molar-refractivity contribution in [2.75, 3.05) is 46.3 Å². The van der Waals surface area contributed by atoms with E-state index in [9.17, 15) is 9.59 Å². The highest BCUT2D eigenvalue weighted by molar-refractivity contribution is 7.16. The number of rotatable bonds is 13. The lowest BCUT2D eigenvalue weighted by molar-refractivity contribution is -0.121. The van der Waals surface area contributed by atoms with E-state index in [1.165, 1.54) is 0 Å². The number of nitrogens with zero attached hydrogens (tertiary/aromatic N) is 1. The molecule has 0 fully saturated rings. The quantitative estimate of drug-likeness (QED) is 0.353. The summed E-state index contributed by atoms with van der Waals surface area (Å²) in [5.74, 6) is 0.124. The van der Waals surface area contributed by atoms with E-state index in [2.05, 4.69) is 44.2 Å². The molecule has 1 amide bonds. The third-order valence-corrected chi connectivity index (χ3v) is 4.83. The van der Waals surface area contributed by atoms with Crippen LogP contribution in [0.5, 0.6) is 0 Å². The number of hydrogen-bond acceptors (Lipinski definition) is 5. The maximum Gasteiger partial charge on any atom is 0.251 e. The van der Waals surface area contributed by atoms with E-state index < -0.39 is 0 Å². The Morgan fingerprint density at radius 1 is 1.19 bits per heavy atom. The summed E-state index contributed by atoms with van der Waals surface area (Å²) in [6.45, 7) is 1.04. The molecule has 1 aromatic carbocycles. The largest absolute Gasteiger partial charge is 0.388 e. The number of amides is 1. The summed E-state index contributed by atoms with van der Waals surface area (Å²) in [6, 6.07) is 5.47. The van der Waals surface area contributed by atoms with Gasteiger partial charge >= 0.3 is 0 Å². The first-order chi connectivity index (χ1) is 12.9. The number of carbonyl (C=O) groups excluding carboxylic acids is 2. The van der Waals surface area contributed by atoms with Gasteiger partial charge < -0.3 is 20.9 Å². The summed E-state index contributed by atoms with van der Waals surface area (Å²) in [5.41, 5.74) is 2.56. The van der Waals surface area contributed by atoms with Gasteiger partial charge in [-0.3, -0.25) is 9.59 Å². The standard InChI is InChI=1S/C20H35N4O2P/c1-21-17-10-8-16(20(26)23-14-27)13-15(17)9-11-19(25)18(22-2)7-5-6-12-24(3)4/h8,10,13,18,21-22H,5-7,9,11-12,14,27H2,1-4H3,(H,23,26). The van der Waals surface area contributed by atoms with E-state index in [1.54, 1.807) is 6.07 Å². The predicted molar refractivity (Wildman–Crippen MR) is 117 cm³/mol. The molecule has 3 N–H and O–H groups in total. The lowest BCUT2D eigenvalue weighted by Crippen LogP contribution is -2.34. The van der Waals surface area contributed by atoms with Crippen LogP contribution < -0.4 is 16.0 Å². The molecular formula is C20H35N4O2P. The van der Waals surface area contributed by atoms with Gasteiger partial charge in [0, 0.05) is 31.0 Å². The molecule has 6 nitrogen and oxygen atoms in total. The zero-order chi connectivity index (χ0) is 20.2. The molecule has 0 saturated heterocycles. The zero-order valence-corrected chi connectivity index (χ0v) is 18.3. The number of benzene rings is 1. The fourth-order valence-electron chi connectivity index (χ4n) is 3.06. The minimum absolute atomic E-state index is 0.103. The van der Waals surface area contributed by atoms with Crippen LogP contribution in [0.2, 0.25) is 0 Å². The van der Waals surface area contributed by atoms with E-state index in [4.69, 9.17) is 0 Å². The Kier molecular flexibility index (Phi) is 11.2. The molecule has 0 aliphatic rings. The van der Waals surface area contributed by atoms with Gasteiger partial charge in [-0.25, -0.2) is 0 Å². The fraction of sp³-hybridized carbons (Fsp3) is 0.600. The molecular weight excluding hydrogens is 359 g/mol. The molecule has 0 bridgehead atoms. The summed E-state index contributed by atoms with van der Waals surface area (Å²) in [5, 5.41) is 9.08. The van der Waals surface area contributed by atoms with E-state index in [0.717, 1.165) is 37.1 Å². The molecule has 0 aliphatic carbocycles. The van der Waals surface area contributed by atoms with Crippen molar-refractivity contribution in [1.82, 2.24) is 15.5 Å². The molecule has 0 spiro atoms. The molecule has 27 heavy (non-hydrogen) atoms. The molecule has 0 aromatic heterocycles. The van der Waals surface area contributed by atoms with Crippen LogP contribution in [0.4, 0.5) is 5.69 Å². The average molecular weight is 395 g/mol. The number of anilines is 1. The normalized spacial score (nSPS) is 12.1. The second kappa shape index (κ2) is 12.8. The van der Waals surface area contributed by atoms with E-state index in [0.29, 0.717) is 24.7 Å². The Labute approximate surface area is 166 Å². The Balaban J connectivity index is 2.67. The summed E-state index contributed by atoms with van der Waals surface area (Å²) in [4.78, 5) is 26.8. The van der Waals surface area contributed by atoms with Crippen LogP contribution in [0.25, 0.3) is 0 Å². The lowest BCUT2D eigenvalue weighted by atomic mass is 9.97. The maximum absolute atomic E-state index is 12.6. The van der Waals surface area contributed by atoms with Crippen LogP contribution in [-0.2, 0) is 11.2 Å². The van der Waals surface area contributed by atoms with Crippen LogP contribution in [0.1, 0.15) is 41.6 Å². The minimum Gasteiger partial charge on any atom is -0.388 e. The first-order valence-corrected chi connectivity index (χ1v) is 10.4. The maximum atomic E-state index is 12.6. The fourth-order valence-corrected chi connectivity index (χ4v) is 3.24. The molecule has 0 heterocycles. The van der Waals surface area contributed by atoms with Gasteiger partial charge in [0.2, 0.25) is 0 Å². The van der Waals surface area contributed by atoms with Crippen molar-refractivity contribution in [2.45, 2.75) is 38.1 Å². The summed E-state index contributed by atoms with van der Waals surface area (Å²) >= 11 is 0. The Morgan fingerprint density at radius 2 is 1.93 bits per heavy atom. The van der Waals surface area contributed by atoms with Gasteiger partial charge in [0.05, 0.1) is 6.04 Å². The molecule has 0 aliphatic heterocycles. The van der Waals surface area contributed by atoms with Gasteiger partial charge in [-0.2, -0.15) is 0 Å². The number of unbranched alkanes of at least 4 members (excludes halogenated alkanes) is 1. The van der Waals surface area contributed by atoms with E-state index in [1.807, 2.05) is 26.2 Å². The van der Waals surface area contributed by atoms with Crippen molar-refractivity contribution in [2.24, 2.45) is 0 Å². The topological polar surface area (TPSA) is 73.5 Å². The van der Waals surface area contributed by atoms with Gasteiger partial charge in [-0.1, -0.05) is 6.42 Å². The Morgan fingerprint density at radius 3 is 2.52 bits per heavy atom. The van der Waals surface area contributed by atoms with Crippen LogP contribution in [0.3, 0.4) is 0 Å². The summed E-state index contributed by atoms with van der Waals surface area (Å²) < 4.78 is 0. The van der Waals surface area contributed by atoms with Crippen molar-refractivity contribution in [3.63, 3.8) is 0 Å². The number of likely N-dealkylation sites (N-methyl/N-ethyl adjacent to an activating group) is 1. The van der Waals surface area contributed by atoms with Gasteiger partial charge in [0.25, 0.3) is 5.91 Å². The monoisotopic (exact) mass is 394 g/mol. The third kappa shape index (κ3) is 8.37. The second-order valence-electron chi connectivity index (χ2n) is 6.94. The highest BCUT2D eigenvalue weighted by atomic mass is 31.0. The number of hydrogen-bond donors (Lipinski definition) is 3. The van der Waals surface area contributed by atoms with E-state index in [-0.39, 0.29) is 17.7 Å². The minimum atomic E-state index is -0.103.